The number of nitrogen functional groups attached to an aromatic ring is 2. The summed E-state index contributed by atoms with van der Waals surface area (Å²) < 4.78 is 5.19. The van der Waals surface area contributed by atoms with Crippen LogP contribution in [0.3, 0.4) is 0 Å². The van der Waals surface area contributed by atoms with Crippen molar-refractivity contribution in [2.75, 3.05) is 31.7 Å². The minimum Gasteiger partial charge on any atom is -0.496 e. The third-order valence-electron chi connectivity index (χ3n) is 3.59. The number of benzene rings is 1. The first-order valence-electron chi connectivity index (χ1n) is 6.49. The molecule has 1 amide bonds. The molecule has 0 radical (unpaired) electrons. The van der Waals surface area contributed by atoms with Crippen LogP contribution >= 0.6 is 0 Å². The molecule has 1 unspecified atom stereocenters. The number of methoxy groups -OCH3 is 1. The first-order valence-corrected chi connectivity index (χ1v) is 6.49. The standard InChI is InChI=1S/C14H19N3O3/c1-8-7-17(4-3-12(8)18)14(19)9-5-10(15)11(16)6-13(9)20-2/h5-6,8H,3-4,7,15-16H2,1-2H3. The summed E-state index contributed by atoms with van der Waals surface area (Å²) >= 11 is 0. The molecule has 1 aromatic carbocycles. The van der Waals surface area contributed by atoms with Gasteiger partial charge in [0.25, 0.3) is 5.91 Å². The minimum absolute atomic E-state index is 0.134. The summed E-state index contributed by atoms with van der Waals surface area (Å²) in [4.78, 5) is 25.7. The lowest BCUT2D eigenvalue weighted by molar-refractivity contribution is -0.124. The number of rotatable bonds is 2. The van der Waals surface area contributed by atoms with Crippen molar-refractivity contribution >= 4 is 23.1 Å². The predicted octanol–water partition coefficient (Wildman–Crippen LogP) is 0.911. The van der Waals surface area contributed by atoms with Crippen molar-refractivity contribution < 1.29 is 14.3 Å². The fourth-order valence-corrected chi connectivity index (χ4v) is 2.32. The average Bonchev–Trinajstić information content (AvgIpc) is 2.43. The van der Waals surface area contributed by atoms with Gasteiger partial charge in [0.05, 0.1) is 24.0 Å². The SMILES string of the molecule is COc1cc(N)c(N)cc1C(=O)N1CCC(=O)C(C)C1. The van der Waals surface area contributed by atoms with Gasteiger partial charge in [0, 0.05) is 31.5 Å². The zero-order chi connectivity index (χ0) is 14.9. The quantitative estimate of drug-likeness (QED) is 0.783. The second kappa shape index (κ2) is 5.40. The molecule has 1 saturated heterocycles. The Morgan fingerprint density at radius 3 is 2.60 bits per heavy atom. The Bertz CT molecular complexity index is 557. The van der Waals surface area contributed by atoms with Crippen LogP contribution in [0.1, 0.15) is 23.7 Å². The van der Waals surface area contributed by atoms with Crippen molar-refractivity contribution in [1.29, 1.82) is 0 Å². The monoisotopic (exact) mass is 277 g/mol. The summed E-state index contributed by atoms with van der Waals surface area (Å²) in [5.41, 5.74) is 12.6. The highest BCUT2D eigenvalue weighted by molar-refractivity contribution is 6.00. The predicted molar refractivity (Wildman–Crippen MR) is 76.5 cm³/mol. The molecule has 6 heteroatoms. The fraction of sp³-hybridized carbons (Fsp3) is 0.429. The van der Waals surface area contributed by atoms with Gasteiger partial charge in [0.1, 0.15) is 11.5 Å². The molecule has 1 heterocycles. The van der Waals surface area contributed by atoms with Gasteiger partial charge in [0.2, 0.25) is 0 Å². The lowest BCUT2D eigenvalue weighted by Crippen LogP contribution is -2.43. The maximum Gasteiger partial charge on any atom is 0.257 e. The smallest absolute Gasteiger partial charge is 0.257 e. The Morgan fingerprint density at radius 1 is 1.35 bits per heavy atom. The van der Waals surface area contributed by atoms with Crippen LogP contribution in [0.15, 0.2) is 12.1 Å². The summed E-state index contributed by atoms with van der Waals surface area (Å²) in [6, 6.07) is 3.07. The van der Waals surface area contributed by atoms with E-state index in [0.29, 0.717) is 42.2 Å². The van der Waals surface area contributed by atoms with Gasteiger partial charge in [-0.25, -0.2) is 0 Å². The van der Waals surface area contributed by atoms with Gasteiger partial charge in [-0.3, -0.25) is 9.59 Å². The Labute approximate surface area is 117 Å². The molecular formula is C14H19N3O3. The Balaban J connectivity index is 2.29. The fourth-order valence-electron chi connectivity index (χ4n) is 2.32. The number of nitrogens with two attached hydrogens (primary N) is 2. The van der Waals surface area contributed by atoms with Gasteiger partial charge in [-0.1, -0.05) is 6.92 Å². The van der Waals surface area contributed by atoms with Crippen LogP contribution in [0.5, 0.6) is 5.75 Å². The number of carbonyl (C=O) groups is 2. The molecule has 20 heavy (non-hydrogen) atoms. The van der Waals surface area contributed by atoms with Crippen LogP contribution in [0.2, 0.25) is 0 Å². The summed E-state index contributed by atoms with van der Waals surface area (Å²) in [6.45, 7) is 2.68. The van der Waals surface area contributed by atoms with Crippen LogP contribution in [0.25, 0.3) is 0 Å². The number of nitrogens with zero attached hydrogens (tertiary/aromatic N) is 1. The molecular weight excluding hydrogens is 258 g/mol. The van der Waals surface area contributed by atoms with Crippen LogP contribution in [-0.2, 0) is 4.79 Å². The topological polar surface area (TPSA) is 98.7 Å². The highest BCUT2D eigenvalue weighted by atomic mass is 16.5. The zero-order valence-electron chi connectivity index (χ0n) is 11.7. The van der Waals surface area contributed by atoms with Crippen molar-refractivity contribution in [2.45, 2.75) is 13.3 Å². The van der Waals surface area contributed by atoms with Crippen molar-refractivity contribution in [1.82, 2.24) is 4.90 Å². The number of ketones is 1. The van der Waals surface area contributed by atoms with E-state index in [9.17, 15) is 9.59 Å². The van der Waals surface area contributed by atoms with Gasteiger partial charge in [-0.05, 0) is 6.07 Å². The maximum absolute atomic E-state index is 12.5. The molecule has 1 atom stereocenters. The van der Waals surface area contributed by atoms with E-state index >= 15 is 0 Å². The van der Waals surface area contributed by atoms with Gasteiger partial charge in [0.15, 0.2) is 0 Å². The number of anilines is 2. The molecule has 4 N–H and O–H groups in total. The number of hydrogen-bond acceptors (Lipinski definition) is 5. The average molecular weight is 277 g/mol. The van der Waals surface area contributed by atoms with Crippen molar-refractivity contribution in [3.8, 4) is 5.75 Å². The number of ether oxygens (including phenoxy) is 1. The van der Waals surface area contributed by atoms with Crippen molar-refractivity contribution in [3.63, 3.8) is 0 Å². The van der Waals surface area contributed by atoms with Gasteiger partial charge < -0.3 is 21.1 Å². The van der Waals surface area contributed by atoms with E-state index < -0.39 is 0 Å². The molecule has 0 spiro atoms. The van der Waals surface area contributed by atoms with Crippen LogP contribution in [-0.4, -0.2) is 36.8 Å². The van der Waals surface area contributed by atoms with Crippen molar-refractivity contribution in [3.05, 3.63) is 17.7 Å². The molecule has 1 aliphatic heterocycles. The lowest BCUT2D eigenvalue weighted by Gasteiger charge is -2.30. The van der Waals surface area contributed by atoms with E-state index in [0.717, 1.165) is 0 Å². The molecule has 1 aliphatic rings. The number of amides is 1. The van der Waals surface area contributed by atoms with Crippen LogP contribution < -0.4 is 16.2 Å². The number of likely N-dealkylation sites (tertiary alicyclic amines) is 1. The third-order valence-corrected chi connectivity index (χ3v) is 3.59. The van der Waals surface area contributed by atoms with E-state index in [1.165, 1.54) is 13.2 Å². The Morgan fingerprint density at radius 2 is 2.00 bits per heavy atom. The molecule has 0 saturated carbocycles. The summed E-state index contributed by atoms with van der Waals surface area (Å²) in [6.07, 6.45) is 0.389. The zero-order valence-corrected chi connectivity index (χ0v) is 11.7. The van der Waals surface area contributed by atoms with E-state index in [2.05, 4.69) is 0 Å². The minimum atomic E-state index is -0.187. The van der Waals surface area contributed by atoms with Crippen molar-refractivity contribution in [2.24, 2.45) is 5.92 Å². The lowest BCUT2D eigenvalue weighted by atomic mass is 9.97. The molecule has 0 aromatic heterocycles. The van der Waals surface area contributed by atoms with E-state index in [1.54, 1.807) is 11.0 Å². The summed E-state index contributed by atoms with van der Waals surface area (Å²) in [5.74, 6) is 0.266. The molecule has 0 aliphatic carbocycles. The number of carbonyl (C=O) groups excluding carboxylic acids is 2. The van der Waals surface area contributed by atoms with Gasteiger partial charge in [-0.15, -0.1) is 0 Å². The van der Waals surface area contributed by atoms with E-state index in [4.69, 9.17) is 16.2 Å². The highest BCUT2D eigenvalue weighted by Crippen LogP contribution is 2.29. The largest absolute Gasteiger partial charge is 0.496 e. The highest BCUT2D eigenvalue weighted by Gasteiger charge is 2.29. The van der Waals surface area contributed by atoms with Crippen LogP contribution in [0.4, 0.5) is 11.4 Å². The molecule has 1 fully saturated rings. The normalized spacial score (nSPS) is 19.0. The van der Waals surface area contributed by atoms with Gasteiger partial charge >= 0.3 is 0 Å². The Kier molecular flexibility index (Phi) is 3.83. The third kappa shape index (κ3) is 2.54. The molecule has 108 valence electrons. The number of Topliss-reactive ketones (excluding diaryl/α,β-unsaturated/α-hetero) is 1. The molecule has 0 bridgehead atoms. The first-order chi connectivity index (χ1) is 9.43. The summed E-state index contributed by atoms with van der Waals surface area (Å²) in [5, 5.41) is 0. The van der Waals surface area contributed by atoms with E-state index in [-0.39, 0.29) is 17.6 Å². The molecule has 1 aromatic rings. The van der Waals surface area contributed by atoms with Gasteiger partial charge in [-0.2, -0.15) is 0 Å². The second-order valence-corrected chi connectivity index (χ2v) is 5.05. The maximum atomic E-state index is 12.5. The van der Waals surface area contributed by atoms with E-state index in [1.807, 2.05) is 6.92 Å². The first kappa shape index (κ1) is 14.2. The molecule has 2 rings (SSSR count). The number of hydrogen-bond donors (Lipinski definition) is 2. The number of piperidine rings is 1. The molecule has 6 nitrogen and oxygen atoms in total. The Hall–Kier alpha value is -2.24. The summed E-state index contributed by atoms with van der Waals surface area (Å²) in [7, 11) is 1.48. The van der Waals surface area contributed by atoms with Crippen LogP contribution in [0, 0.1) is 5.92 Å². The second-order valence-electron chi connectivity index (χ2n) is 5.05.